The van der Waals surface area contributed by atoms with Gasteiger partial charge in [0.05, 0.1) is 5.56 Å². The van der Waals surface area contributed by atoms with Crippen LogP contribution in [-0.2, 0) is 0 Å². The van der Waals surface area contributed by atoms with Crippen molar-refractivity contribution in [3.05, 3.63) is 58.7 Å². The molecule has 1 aromatic heterocycles. The lowest BCUT2D eigenvalue weighted by molar-refractivity contribution is 0.102. The number of rotatable bonds is 2. The summed E-state index contributed by atoms with van der Waals surface area (Å²) in [5.41, 5.74) is 9.46. The van der Waals surface area contributed by atoms with Crippen molar-refractivity contribution in [3.63, 3.8) is 0 Å². The highest BCUT2D eigenvalue weighted by atomic mass is 35.5. The van der Waals surface area contributed by atoms with Gasteiger partial charge in [0.2, 0.25) is 0 Å². The number of hydrogen-bond acceptors (Lipinski definition) is 2. The Morgan fingerprint density at radius 1 is 1.24 bits per heavy atom. The Bertz CT molecular complexity index is 839. The van der Waals surface area contributed by atoms with Gasteiger partial charge in [0.1, 0.15) is 0 Å². The molecule has 0 atom stereocenters. The molecule has 5 heteroatoms. The molecule has 0 aliphatic heterocycles. The zero-order valence-corrected chi connectivity index (χ0v) is 12.2. The standard InChI is InChI=1S/C16H14ClN3O/c1-9-2-3-10(17)6-14(9)20-16(21)13-8-19-15-7-11(18)4-5-12(13)15/h2-8,19H,18H2,1H3,(H,20,21). The van der Waals surface area contributed by atoms with Crippen LogP contribution in [0.1, 0.15) is 15.9 Å². The molecule has 4 N–H and O–H groups in total. The fourth-order valence-electron chi connectivity index (χ4n) is 2.25. The summed E-state index contributed by atoms with van der Waals surface area (Å²) in [6.07, 6.45) is 1.68. The van der Waals surface area contributed by atoms with Gasteiger partial charge in [-0.15, -0.1) is 0 Å². The van der Waals surface area contributed by atoms with E-state index in [9.17, 15) is 4.79 Å². The highest BCUT2D eigenvalue weighted by Crippen LogP contribution is 2.24. The number of nitrogens with two attached hydrogens (primary N) is 1. The molecule has 0 unspecified atom stereocenters. The number of aryl methyl sites for hydroxylation is 1. The van der Waals surface area contributed by atoms with Crippen LogP contribution in [0.5, 0.6) is 0 Å². The molecule has 0 bridgehead atoms. The maximum absolute atomic E-state index is 12.4. The summed E-state index contributed by atoms with van der Waals surface area (Å²) in [6.45, 7) is 1.92. The molecule has 1 heterocycles. The molecule has 106 valence electrons. The van der Waals surface area contributed by atoms with Crippen molar-refractivity contribution >= 4 is 39.8 Å². The van der Waals surface area contributed by atoms with Gasteiger partial charge in [0.25, 0.3) is 5.91 Å². The molecular weight excluding hydrogens is 286 g/mol. The fourth-order valence-corrected chi connectivity index (χ4v) is 2.42. The number of amides is 1. The van der Waals surface area contributed by atoms with Crippen molar-refractivity contribution in [2.75, 3.05) is 11.1 Å². The molecule has 0 fully saturated rings. The Morgan fingerprint density at radius 3 is 2.86 bits per heavy atom. The first-order valence-electron chi connectivity index (χ1n) is 6.49. The number of hydrogen-bond donors (Lipinski definition) is 3. The summed E-state index contributed by atoms with van der Waals surface area (Å²) in [7, 11) is 0. The molecule has 0 radical (unpaired) electrons. The molecule has 1 amide bonds. The van der Waals surface area contributed by atoms with Gasteiger partial charge in [-0.3, -0.25) is 4.79 Å². The monoisotopic (exact) mass is 299 g/mol. The van der Waals surface area contributed by atoms with Crippen molar-refractivity contribution in [2.24, 2.45) is 0 Å². The third kappa shape index (κ3) is 2.58. The van der Waals surface area contributed by atoms with E-state index in [-0.39, 0.29) is 5.91 Å². The van der Waals surface area contributed by atoms with E-state index < -0.39 is 0 Å². The number of carbonyl (C=O) groups excluding carboxylic acids is 1. The van der Waals surface area contributed by atoms with Crippen molar-refractivity contribution in [1.29, 1.82) is 0 Å². The predicted molar refractivity (Wildman–Crippen MR) is 86.9 cm³/mol. The molecule has 0 aliphatic rings. The second-order valence-electron chi connectivity index (χ2n) is 4.92. The Kier molecular flexibility index (Phi) is 3.31. The average molecular weight is 300 g/mol. The number of halogens is 1. The minimum absolute atomic E-state index is 0.184. The lowest BCUT2D eigenvalue weighted by atomic mass is 10.1. The lowest BCUT2D eigenvalue weighted by Crippen LogP contribution is -2.12. The highest BCUT2D eigenvalue weighted by Gasteiger charge is 2.13. The van der Waals surface area contributed by atoms with Crippen LogP contribution >= 0.6 is 11.6 Å². The van der Waals surface area contributed by atoms with Gasteiger partial charge < -0.3 is 16.0 Å². The second kappa shape index (κ2) is 5.14. The van der Waals surface area contributed by atoms with Gasteiger partial charge in [-0.1, -0.05) is 17.7 Å². The van der Waals surface area contributed by atoms with Crippen LogP contribution in [0.4, 0.5) is 11.4 Å². The van der Waals surface area contributed by atoms with E-state index in [0.29, 0.717) is 22.0 Å². The molecule has 3 rings (SSSR count). The highest BCUT2D eigenvalue weighted by molar-refractivity contribution is 6.31. The van der Waals surface area contributed by atoms with E-state index in [1.54, 1.807) is 30.5 Å². The molecule has 21 heavy (non-hydrogen) atoms. The number of nitrogen functional groups attached to an aromatic ring is 1. The predicted octanol–water partition coefficient (Wildman–Crippen LogP) is 3.96. The number of nitrogens with one attached hydrogen (secondary N) is 2. The number of benzene rings is 2. The van der Waals surface area contributed by atoms with Crippen LogP contribution in [0.2, 0.25) is 5.02 Å². The van der Waals surface area contributed by atoms with E-state index in [1.165, 1.54) is 0 Å². The Hall–Kier alpha value is -2.46. The second-order valence-corrected chi connectivity index (χ2v) is 5.36. The fraction of sp³-hybridized carbons (Fsp3) is 0.0625. The number of aromatic amines is 1. The Morgan fingerprint density at radius 2 is 2.05 bits per heavy atom. The SMILES string of the molecule is Cc1ccc(Cl)cc1NC(=O)c1c[nH]c2cc(N)ccc12. The zero-order valence-electron chi connectivity index (χ0n) is 11.4. The van der Waals surface area contributed by atoms with Crippen molar-refractivity contribution in [1.82, 2.24) is 4.98 Å². The summed E-state index contributed by atoms with van der Waals surface area (Å²) < 4.78 is 0. The summed E-state index contributed by atoms with van der Waals surface area (Å²) in [6, 6.07) is 10.8. The maximum atomic E-state index is 12.4. The van der Waals surface area contributed by atoms with Gasteiger partial charge in [-0.25, -0.2) is 0 Å². The number of aromatic nitrogens is 1. The van der Waals surface area contributed by atoms with Crippen LogP contribution in [0.25, 0.3) is 10.9 Å². The van der Waals surface area contributed by atoms with Crippen molar-refractivity contribution in [3.8, 4) is 0 Å². The van der Waals surface area contributed by atoms with Crippen LogP contribution in [0, 0.1) is 6.92 Å². The lowest BCUT2D eigenvalue weighted by Gasteiger charge is -2.08. The first kappa shape index (κ1) is 13.5. The quantitative estimate of drug-likeness (QED) is 0.627. The maximum Gasteiger partial charge on any atom is 0.257 e. The van der Waals surface area contributed by atoms with E-state index in [0.717, 1.165) is 16.5 Å². The van der Waals surface area contributed by atoms with E-state index in [2.05, 4.69) is 10.3 Å². The van der Waals surface area contributed by atoms with Crippen LogP contribution in [-0.4, -0.2) is 10.9 Å². The van der Waals surface area contributed by atoms with E-state index in [1.807, 2.05) is 19.1 Å². The first-order valence-corrected chi connectivity index (χ1v) is 6.86. The molecule has 3 aromatic rings. The van der Waals surface area contributed by atoms with Crippen LogP contribution in [0.3, 0.4) is 0 Å². The molecule has 0 saturated heterocycles. The van der Waals surface area contributed by atoms with E-state index >= 15 is 0 Å². The van der Waals surface area contributed by atoms with Gasteiger partial charge in [-0.05, 0) is 42.8 Å². The Labute approximate surface area is 126 Å². The largest absolute Gasteiger partial charge is 0.399 e. The summed E-state index contributed by atoms with van der Waals surface area (Å²) in [5.74, 6) is -0.184. The van der Waals surface area contributed by atoms with Gasteiger partial charge in [0.15, 0.2) is 0 Å². The third-order valence-corrected chi connectivity index (χ3v) is 3.63. The summed E-state index contributed by atoms with van der Waals surface area (Å²) >= 11 is 5.97. The molecule has 2 aromatic carbocycles. The number of fused-ring (bicyclic) bond motifs is 1. The van der Waals surface area contributed by atoms with Gasteiger partial charge >= 0.3 is 0 Å². The number of H-pyrrole nitrogens is 1. The molecule has 0 spiro atoms. The third-order valence-electron chi connectivity index (χ3n) is 3.40. The Balaban J connectivity index is 1.95. The number of carbonyl (C=O) groups is 1. The zero-order chi connectivity index (χ0) is 15.0. The van der Waals surface area contributed by atoms with Crippen LogP contribution < -0.4 is 11.1 Å². The molecule has 0 saturated carbocycles. The van der Waals surface area contributed by atoms with Crippen molar-refractivity contribution in [2.45, 2.75) is 6.92 Å². The topological polar surface area (TPSA) is 70.9 Å². The van der Waals surface area contributed by atoms with E-state index in [4.69, 9.17) is 17.3 Å². The summed E-state index contributed by atoms with van der Waals surface area (Å²) in [4.78, 5) is 15.5. The molecule has 4 nitrogen and oxygen atoms in total. The average Bonchev–Trinajstić information content (AvgIpc) is 2.85. The molecular formula is C16H14ClN3O. The van der Waals surface area contributed by atoms with Crippen LogP contribution in [0.15, 0.2) is 42.6 Å². The minimum Gasteiger partial charge on any atom is -0.399 e. The van der Waals surface area contributed by atoms with Crippen molar-refractivity contribution < 1.29 is 4.79 Å². The smallest absolute Gasteiger partial charge is 0.257 e. The number of anilines is 2. The normalized spacial score (nSPS) is 10.8. The van der Waals surface area contributed by atoms with Gasteiger partial charge in [0, 0.05) is 33.5 Å². The minimum atomic E-state index is -0.184. The molecule has 0 aliphatic carbocycles. The first-order chi connectivity index (χ1) is 10.0. The van der Waals surface area contributed by atoms with Gasteiger partial charge in [-0.2, -0.15) is 0 Å². The summed E-state index contributed by atoms with van der Waals surface area (Å²) in [5, 5.41) is 4.31.